The van der Waals surface area contributed by atoms with Crippen molar-refractivity contribution in [2.24, 2.45) is 0 Å². The lowest BCUT2D eigenvalue weighted by Gasteiger charge is -2.26. The van der Waals surface area contributed by atoms with Crippen LogP contribution in [0.5, 0.6) is 0 Å². The number of hydrogen-bond donors (Lipinski definition) is 0. The summed E-state index contributed by atoms with van der Waals surface area (Å²) in [6.07, 6.45) is 5.41. The number of aromatic nitrogens is 2. The lowest BCUT2D eigenvalue weighted by atomic mass is 9.95. The number of nitrogens with zero attached hydrogens (tertiary/aromatic N) is 3. The van der Waals surface area contributed by atoms with Gasteiger partial charge in [-0.05, 0) is 50.8 Å². The molecule has 4 heteroatoms. The number of likely N-dealkylation sites (tertiary alicyclic amines) is 1. The van der Waals surface area contributed by atoms with Crippen LogP contribution in [0.25, 0.3) is 5.65 Å². The maximum Gasteiger partial charge on any atom is 0.255 e. The molecule has 1 unspecified atom stereocenters. The Morgan fingerprint density at radius 2 is 1.85 bits per heavy atom. The van der Waals surface area contributed by atoms with Gasteiger partial charge in [-0.25, -0.2) is 4.98 Å². The summed E-state index contributed by atoms with van der Waals surface area (Å²) in [7, 11) is 0. The van der Waals surface area contributed by atoms with Crippen LogP contribution in [0.15, 0.2) is 42.6 Å². The van der Waals surface area contributed by atoms with Crippen LogP contribution in [-0.2, 0) is 0 Å². The Bertz CT molecular complexity index is 982. The summed E-state index contributed by atoms with van der Waals surface area (Å²) in [6, 6.07) is 12.5. The van der Waals surface area contributed by atoms with Crippen molar-refractivity contribution < 1.29 is 4.79 Å². The Morgan fingerprint density at radius 1 is 1.07 bits per heavy atom. The second-order valence-corrected chi connectivity index (χ2v) is 7.72. The van der Waals surface area contributed by atoms with E-state index in [-0.39, 0.29) is 11.8 Å². The highest BCUT2D eigenvalue weighted by Gasteiger charge is 2.21. The SMILES string of the molecule is Cc1cccc(C(C)c2c(C)nc3ccc(C(=O)N4CCCCC4)cn23)c1. The Morgan fingerprint density at radius 3 is 2.59 bits per heavy atom. The first-order valence-corrected chi connectivity index (χ1v) is 9.89. The minimum absolute atomic E-state index is 0.136. The van der Waals surface area contributed by atoms with Crippen LogP contribution in [0.2, 0.25) is 0 Å². The van der Waals surface area contributed by atoms with Crippen molar-refractivity contribution in [2.45, 2.75) is 46.0 Å². The lowest BCUT2D eigenvalue weighted by Crippen LogP contribution is -2.35. The van der Waals surface area contributed by atoms with E-state index in [9.17, 15) is 4.79 Å². The summed E-state index contributed by atoms with van der Waals surface area (Å²) in [6.45, 7) is 8.12. The fourth-order valence-corrected chi connectivity index (χ4v) is 4.21. The molecule has 1 aliphatic rings. The molecule has 0 saturated carbocycles. The molecule has 1 saturated heterocycles. The molecule has 140 valence electrons. The van der Waals surface area contributed by atoms with Gasteiger partial charge in [-0.2, -0.15) is 0 Å². The van der Waals surface area contributed by atoms with E-state index in [2.05, 4.69) is 49.4 Å². The third-order valence-corrected chi connectivity index (χ3v) is 5.68. The second kappa shape index (κ2) is 7.18. The number of piperidine rings is 1. The smallest absolute Gasteiger partial charge is 0.255 e. The summed E-state index contributed by atoms with van der Waals surface area (Å²) < 4.78 is 2.11. The predicted molar refractivity (Wildman–Crippen MR) is 108 cm³/mol. The summed E-state index contributed by atoms with van der Waals surface area (Å²) in [5.74, 6) is 0.345. The molecular weight excluding hydrogens is 334 g/mol. The fourth-order valence-electron chi connectivity index (χ4n) is 4.21. The molecule has 0 N–H and O–H groups in total. The van der Waals surface area contributed by atoms with Gasteiger partial charge in [0, 0.05) is 25.2 Å². The molecule has 0 bridgehead atoms. The van der Waals surface area contributed by atoms with Gasteiger partial charge in [0.1, 0.15) is 5.65 Å². The Balaban J connectivity index is 1.74. The third-order valence-electron chi connectivity index (χ3n) is 5.68. The number of amides is 1. The minimum atomic E-state index is 0.136. The van der Waals surface area contributed by atoms with Crippen LogP contribution in [-0.4, -0.2) is 33.3 Å². The van der Waals surface area contributed by atoms with E-state index in [1.807, 2.05) is 23.2 Å². The summed E-state index contributed by atoms with van der Waals surface area (Å²) in [4.78, 5) is 19.7. The van der Waals surface area contributed by atoms with Gasteiger partial charge in [-0.15, -0.1) is 0 Å². The van der Waals surface area contributed by atoms with Crippen molar-refractivity contribution in [1.82, 2.24) is 14.3 Å². The molecule has 1 aliphatic heterocycles. The van der Waals surface area contributed by atoms with Crippen molar-refractivity contribution in [2.75, 3.05) is 13.1 Å². The average molecular weight is 361 g/mol. The molecule has 0 aliphatic carbocycles. The number of rotatable bonds is 3. The topological polar surface area (TPSA) is 37.6 Å². The van der Waals surface area contributed by atoms with Gasteiger partial charge >= 0.3 is 0 Å². The normalized spacial score (nSPS) is 15.9. The van der Waals surface area contributed by atoms with E-state index in [0.29, 0.717) is 0 Å². The monoisotopic (exact) mass is 361 g/mol. The highest BCUT2D eigenvalue weighted by Crippen LogP contribution is 2.28. The van der Waals surface area contributed by atoms with E-state index < -0.39 is 0 Å². The van der Waals surface area contributed by atoms with E-state index in [0.717, 1.165) is 48.5 Å². The lowest BCUT2D eigenvalue weighted by molar-refractivity contribution is 0.0724. The van der Waals surface area contributed by atoms with Gasteiger partial charge in [0.15, 0.2) is 0 Å². The first-order chi connectivity index (χ1) is 13.0. The Labute approximate surface area is 160 Å². The van der Waals surface area contributed by atoms with Crippen molar-refractivity contribution >= 4 is 11.6 Å². The number of fused-ring (bicyclic) bond motifs is 1. The van der Waals surface area contributed by atoms with Crippen molar-refractivity contribution in [3.05, 3.63) is 70.7 Å². The molecule has 4 nitrogen and oxygen atoms in total. The number of imidazole rings is 1. The predicted octanol–water partition coefficient (Wildman–Crippen LogP) is 4.73. The molecule has 3 aromatic rings. The van der Waals surface area contributed by atoms with Crippen molar-refractivity contribution in [3.8, 4) is 0 Å². The summed E-state index contributed by atoms with van der Waals surface area (Å²) in [5.41, 5.74) is 6.35. The maximum absolute atomic E-state index is 12.9. The molecule has 2 aromatic heterocycles. The number of carbonyl (C=O) groups is 1. The van der Waals surface area contributed by atoms with Gasteiger partial charge in [0.05, 0.1) is 17.0 Å². The van der Waals surface area contributed by atoms with Crippen LogP contribution >= 0.6 is 0 Å². The largest absolute Gasteiger partial charge is 0.339 e. The summed E-state index contributed by atoms with van der Waals surface area (Å²) >= 11 is 0. The first kappa shape index (κ1) is 17.8. The van der Waals surface area contributed by atoms with Gasteiger partial charge in [0.2, 0.25) is 0 Å². The van der Waals surface area contributed by atoms with Crippen molar-refractivity contribution in [1.29, 1.82) is 0 Å². The van der Waals surface area contributed by atoms with Gasteiger partial charge < -0.3 is 9.30 Å². The van der Waals surface area contributed by atoms with Gasteiger partial charge in [0.25, 0.3) is 5.91 Å². The van der Waals surface area contributed by atoms with Crippen LogP contribution in [0.4, 0.5) is 0 Å². The number of hydrogen-bond acceptors (Lipinski definition) is 2. The van der Waals surface area contributed by atoms with Gasteiger partial charge in [-0.3, -0.25) is 4.79 Å². The molecule has 0 radical (unpaired) electrons. The van der Waals surface area contributed by atoms with Crippen LogP contribution < -0.4 is 0 Å². The van der Waals surface area contributed by atoms with E-state index in [1.54, 1.807) is 0 Å². The fraction of sp³-hybridized carbons (Fsp3) is 0.391. The number of carbonyl (C=O) groups excluding carboxylic acids is 1. The average Bonchev–Trinajstić information content (AvgIpc) is 3.02. The molecule has 1 amide bonds. The van der Waals surface area contributed by atoms with E-state index >= 15 is 0 Å². The zero-order valence-electron chi connectivity index (χ0n) is 16.4. The highest BCUT2D eigenvalue weighted by atomic mass is 16.2. The zero-order valence-corrected chi connectivity index (χ0v) is 16.4. The maximum atomic E-state index is 12.9. The first-order valence-electron chi connectivity index (χ1n) is 9.89. The standard InChI is InChI=1S/C23H27N3O/c1-16-8-7-9-19(14-16)17(2)22-18(3)24-21-11-10-20(15-26(21)22)23(27)25-12-5-4-6-13-25/h7-11,14-15,17H,4-6,12-13H2,1-3H3. The van der Waals surface area contributed by atoms with E-state index in [1.165, 1.54) is 17.5 Å². The molecule has 1 aromatic carbocycles. The highest BCUT2D eigenvalue weighted by molar-refractivity contribution is 5.94. The zero-order chi connectivity index (χ0) is 19.0. The van der Waals surface area contributed by atoms with E-state index in [4.69, 9.17) is 4.98 Å². The van der Waals surface area contributed by atoms with Crippen molar-refractivity contribution in [3.63, 3.8) is 0 Å². The van der Waals surface area contributed by atoms with Crippen LogP contribution in [0.1, 0.15) is 65.0 Å². The number of aryl methyl sites for hydroxylation is 2. The minimum Gasteiger partial charge on any atom is -0.339 e. The third kappa shape index (κ3) is 3.36. The number of benzene rings is 1. The quantitative estimate of drug-likeness (QED) is 0.676. The van der Waals surface area contributed by atoms with Gasteiger partial charge in [-0.1, -0.05) is 36.8 Å². The molecule has 27 heavy (non-hydrogen) atoms. The molecule has 1 atom stereocenters. The molecule has 4 rings (SSSR count). The molecule has 0 spiro atoms. The second-order valence-electron chi connectivity index (χ2n) is 7.72. The molecule has 3 heterocycles. The van der Waals surface area contributed by atoms with Crippen LogP contribution in [0.3, 0.4) is 0 Å². The number of pyridine rings is 1. The Hall–Kier alpha value is -2.62. The molecule has 1 fully saturated rings. The van der Waals surface area contributed by atoms with Crippen LogP contribution in [0, 0.1) is 13.8 Å². The summed E-state index contributed by atoms with van der Waals surface area (Å²) in [5, 5.41) is 0. The molecular formula is C23H27N3O. The Kier molecular flexibility index (Phi) is 4.73.